The van der Waals surface area contributed by atoms with Crippen molar-refractivity contribution in [2.24, 2.45) is 0 Å². The second kappa shape index (κ2) is 6.58. The minimum Gasteiger partial charge on any atom is -0.493 e. The second-order valence-electron chi connectivity index (χ2n) is 4.83. The zero-order valence-electron chi connectivity index (χ0n) is 12.1. The Labute approximate surface area is 115 Å². The Balaban J connectivity index is 2.49. The molecule has 0 aliphatic carbocycles. The third kappa shape index (κ3) is 3.07. The molecule has 0 amide bonds. The molecular weight excluding hydrogens is 234 g/mol. The molecule has 1 N–H and O–H groups in total. The molecule has 19 heavy (non-hydrogen) atoms. The predicted molar refractivity (Wildman–Crippen MR) is 81.8 cm³/mol. The molecule has 2 aromatic rings. The topological polar surface area (TPSA) is 21.3 Å². The quantitative estimate of drug-likeness (QED) is 0.833. The second-order valence-corrected chi connectivity index (χ2v) is 4.83. The normalized spacial score (nSPS) is 12.6. The summed E-state index contributed by atoms with van der Waals surface area (Å²) in [5.41, 5.74) is 1.24. The fourth-order valence-electron chi connectivity index (χ4n) is 2.38. The Bertz CT molecular complexity index is 536. The Hall–Kier alpha value is -1.54. The van der Waals surface area contributed by atoms with Gasteiger partial charge in [0.05, 0.1) is 6.61 Å². The molecule has 2 rings (SSSR count). The van der Waals surface area contributed by atoms with Crippen LogP contribution < -0.4 is 10.1 Å². The number of ether oxygens (including phenoxy) is 1. The summed E-state index contributed by atoms with van der Waals surface area (Å²) in [6, 6.07) is 13.1. The Morgan fingerprint density at radius 3 is 2.63 bits per heavy atom. The van der Waals surface area contributed by atoms with Crippen molar-refractivity contribution < 1.29 is 4.74 Å². The van der Waals surface area contributed by atoms with Gasteiger partial charge in [-0.25, -0.2) is 0 Å². The molecular formula is C17H23NO. The van der Waals surface area contributed by atoms with Crippen LogP contribution in [-0.2, 0) is 0 Å². The van der Waals surface area contributed by atoms with E-state index in [9.17, 15) is 0 Å². The summed E-state index contributed by atoms with van der Waals surface area (Å²) in [4.78, 5) is 0. The molecule has 0 heterocycles. The minimum absolute atomic E-state index is 0.307. The number of benzene rings is 2. The van der Waals surface area contributed by atoms with Crippen LogP contribution in [0.4, 0.5) is 0 Å². The van der Waals surface area contributed by atoms with E-state index in [1.54, 1.807) is 0 Å². The van der Waals surface area contributed by atoms with Gasteiger partial charge in [0.1, 0.15) is 5.75 Å². The van der Waals surface area contributed by atoms with Gasteiger partial charge in [0.2, 0.25) is 0 Å². The van der Waals surface area contributed by atoms with Crippen LogP contribution in [0.5, 0.6) is 5.75 Å². The van der Waals surface area contributed by atoms with Gasteiger partial charge in [-0.05, 0) is 25.3 Å². The molecule has 0 aliphatic rings. The first kappa shape index (κ1) is 13.9. The Morgan fingerprint density at radius 2 is 1.89 bits per heavy atom. The molecule has 0 radical (unpaired) electrons. The molecule has 0 spiro atoms. The van der Waals surface area contributed by atoms with Gasteiger partial charge >= 0.3 is 0 Å². The SMILES string of the molecule is CCCOc1c(C(C)NCC)ccc2ccccc12. The first-order chi connectivity index (χ1) is 9.27. The summed E-state index contributed by atoms with van der Waals surface area (Å²) < 4.78 is 6.03. The van der Waals surface area contributed by atoms with Gasteiger partial charge in [-0.15, -0.1) is 0 Å². The number of hydrogen-bond donors (Lipinski definition) is 1. The maximum absolute atomic E-state index is 6.03. The smallest absolute Gasteiger partial charge is 0.131 e. The summed E-state index contributed by atoms with van der Waals surface area (Å²) in [5, 5.41) is 5.91. The van der Waals surface area contributed by atoms with Crippen LogP contribution >= 0.6 is 0 Å². The molecule has 0 fully saturated rings. The van der Waals surface area contributed by atoms with E-state index in [0.29, 0.717) is 6.04 Å². The molecule has 0 aromatic heterocycles. The van der Waals surface area contributed by atoms with Crippen molar-refractivity contribution >= 4 is 10.8 Å². The van der Waals surface area contributed by atoms with Crippen molar-refractivity contribution in [3.8, 4) is 5.75 Å². The zero-order chi connectivity index (χ0) is 13.7. The fourth-order valence-corrected chi connectivity index (χ4v) is 2.38. The number of rotatable bonds is 6. The number of nitrogens with one attached hydrogen (secondary N) is 1. The summed E-state index contributed by atoms with van der Waals surface area (Å²) in [6.45, 7) is 8.18. The highest BCUT2D eigenvalue weighted by Gasteiger charge is 2.13. The summed E-state index contributed by atoms with van der Waals surface area (Å²) >= 11 is 0. The lowest BCUT2D eigenvalue weighted by atomic mass is 10.0. The molecule has 2 nitrogen and oxygen atoms in total. The minimum atomic E-state index is 0.307. The van der Waals surface area contributed by atoms with Crippen molar-refractivity contribution in [1.29, 1.82) is 0 Å². The Morgan fingerprint density at radius 1 is 1.11 bits per heavy atom. The fraction of sp³-hybridized carbons (Fsp3) is 0.412. The molecule has 1 unspecified atom stereocenters. The number of hydrogen-bond acceptors (Lipinski definition) is 2. The van der Waals surface area contributed by atoms with Crippen LogP contribution in [0.1, 0.15) is 38.8 Å². The summed E-state index contributed by atoms with van der Waals surface area (Å²) in [7, 11) is 0. The average Bonchev–Trinajstić information content (AvgIpc) is 2.44. The van der Waals surface area contributed by atoms with Crippen LogP contribution in [0, 0.1) is 0 Å². The molecule has 0 saturated heterocycles. The van der Waals surface area contributed by atoms with Gasteiger partial charge in [0.15, 0.2) is 0 Å². The van der Waals surface area contributed by atoms with E-state index in [1.807, 2.05) is 0 Å². The van der Waals surface area contributed by atoms with E-state index in [1.165, 1.54) is 16.3 Å². The van der Waals surface area contributed by atoms with Gasteiger partial charge in [-0.3, -0.25) is 0 Å². The summed E-state index contributed by atoms with van der Waals surface area (Å²) in [5.74, 6) is 1.04. The highest BCUT2D eigenvalue weighted by molar-refractivity contribution is 5.89. The first-order valence-electron chi connectivity index (χ1n) is 7.15. The lowest BCUT2D eigenvalue weighted by Crippen LogP contribution is -2.18. The van der Waals surface area contributed by atoms with Crippen molar-refractivity contribution in [2.75, 3.05) is 13.2 Å². The van der Waals surface area contributed by atoms with Gasteiger partial charge in [-0.2, -0.15) is 0 Å². The van der Waals surface area contributed by atoms with Gasteiger partial charge in [0.25, 0.3) is 0 Å². The van der Waals surface area contributed by atoms with Crippen molar-refractivity contribution in [3.05, 3.63) is 42.0 Å². The largest absolute Gasteiger partial charge is 0.493 e. The predicted octanol–water partition coefficient (Wildman–Crippen LogP) is 4.30. The molecule has 1 atom stereocenters. The highest BCUT2D eigenvalue weighted by atomic mass is 16.5. The maximum Gasteiger partial charge on any atom is 0.131 e. The van der Waals surface area contributed by atoms with E-state index >= 15 is 0 Å². The molecule has 0 bridgehead atoms. The van der Waals surface area contributed by atoms with Crippen molar-refractivity contribution in [1.82, 2.24) is 5.32 Å². The first-order valence-corrected chi connectivity index (χ1v) is 7.15. The molecule has 102 valence electrons. The van der Waals surface area contributed by atoms with Crippen LogP contribution in [0.2, 0.25) is 0 Å². The molecule has 2 heteroatoms. The van der Waals surface area contributed by atoms with Crippen molar-refractivity contribution in [2.45, 2.75) is 33.2 Å². The third-order valence-electron chi connectivity index (χ3n) is 3.34. The van der Waals surface area contributed by atoms with Gasteiger partial charge < -0.3 is 10.1 Å². The van der Waals surface area contributed by atoms with Gasteiger partial charge in [-0.1, -0.05) is 50.2 Å². The molecule has 0 saturated carbocycles. The monoisotopic (exact) mass is 257 g/mol. The average molecular weight is 257 g/mol. The van der Waals surface area contributed by atoms with Crippen LogP contribution in [0.15, 0.2) is 36.4 Å². The van der Waals surface area contributed by atoms with Crippen LogP contribution in [0.25, 0.3) is 10.8 Å². The van der Waals surface area contributed by atoms with Crippen molar-refractivity contribution in [3.63, 3.8) is 0 Å². The highest BCUT2D eigenvalue weighted by Crippen LogP contribution is 2.33. The van der Waals surface area contributed by atoms with E-state index in [4.69, 9.17) is 4.74 Å². The summed E-state index contributed by atoms with van der Waals surface area (Å²) in [6.07, 6.45) is 1.03. The van der Waals surface area contributed by atoms with Crippen LogP contribution in [0.3, 0.4) is 0 Å². The Kier molecular flexibility index (Phi) is 4.80. The maximum atomic E-state index is 6.03. The van der Waals surface area contributed by atoms with Gasteiger partial charge in [0, 0.05) is 17.0 Å². The molecule has 0 aliphatic heterocycles. The molecule has 2 aromatic carbocycles. The van der Waals surface area contributed by atoms with Crippen LogP contribution in [-0.4, -0.2) is 13.2 Å². The van der Waals surface area contributed by atoms with E-state index in [-0.39, 0.29) is 0 Å². The lowest BCUT2D eigenvalue weighted by molar-refractivity contribution is 0.315. The standard InChI is InChI=1S/C17H23NO/c1-4-12-19-17-15(13(3)18-5-2)11-10-14-8-6-7-9-16(14)17/h6-11,13,18H,4-5,12H2,1-3H3. The van der Waals surface area contributed by atoms with E-state index in [0.717, 1.165) is 25.3 Å². The lowest BCUT2D eigenvalue weighted by Gasteiger charge is -2.19. The van der Waals surface area contributed by atoms with E-state index < -0.39 is 0 Å². The van der Waals surface area contributed by atoms with E-state index in [2.05, 4.69) is 62.5 Å². The zero-order valence-corrected chi connectivity index (χ0v) is 12.1. The third-order valence-corrected chi connectivity index (χ3v) is 3.34. The number of fused-ring (bicyclic) bond motifs is 1.